The second-order valence-corrected chi connectivity index (χ2v) is 5.02. The third-order valence-electron chi connectivity index (χ3n) is 3.64. The molecule has 2 heterocycles. The first-order valence-corrected chi connectivity index (χ1v) is 6.94. The highest BCUT2D eigenvalue weighted by Crippen LogP contribution is 2.24. The van der Waals surface area contributed by atoms with Gasteiger partial charge in [-0.15, -0.1) is 0 Å². The van der Waals surface area contributed by atoms with E-state index in [4.69, 9.17) is 9.47 Å². The fourth-order valence-corrected chi connectivity index (χ4v) is 2.62. The van der Waals surface area contributed by atoms with E-state index in [2.05, 4.69) is 29.1 Å². The molecular formula is C14H23N3O2. The Balaban J connectivity index is 2.06. The van der Waals surface area contributed by atoms with Gasteiger partial charge in [0.25, 0.3) is 0 Å². The standard InChI is InChI=1S/C14H23N3O2/c1-4-15-12(14-10(2)5-6-19-14)7-11-8-13(18-3)17-9-16-11/h8-10,12,14-15H,4-7H2,1-3H3. The lowest BCUT2D eigenvalue weighted by molar-refractivity contribution is 0.0612. The SMILES string of the molecule is CCNC(Cc1cc(OC)ncn1)C1OCCC1C. The molecule has 19 heavy (non-hydrogen) atoms. The molecule has 1 N–H and O–H groups in total. The molecule has 0 bridgehead atoms. The molecule has 1 fully saturated rings. The maximum atomic E-state index is 5.87. The van der Waals surface area contributed by atoms with Crippen LogP contribution in [0.4, 0.5) is 0 Å². The Kier molecular flexibility index (Phi) is 5.10. The Bertz CT molecular complexity index is 400. The number of ether oxygens (including phenoxy) is 2. The van der Waals surface area contributed by atoms with Crippen molar-refractivity contribution >= 4 is 0 Å². The minimum Gasteiger partial charge on any atom is -0.481 e. The lowest BCUT2D eigenvalue weighted by Crippen LogP contribution is -2.43. The fourth-order valence-electron chi connectivity index (χ4n) is 2.62. The summed E-state index contributed by atoms with van der Waals surface area (Å²) in [6.07, 6.45) is 3.79. The predicted octanol–water partition coefficient (Wildman–Crippen LogP) is 1.43. The summed E-state index contributed by atoms with van der Waals surface area (Å²) in [7, 11) is 1.62. The first-order chi connectivity index (χ1) is 9.24. The van der Waals surface area contributed by atoms with Crippen molar-refractivity contribution in [2.24, 2.45) is 5.92 Å². The Hall–Kier alpha value is -1.20. The molecule has 5 nitrogen and oxygen atoms in total. The Morgan fingerprint density at radius 3 is 3.00 bits per heavy atom. The van der Waals surface area contributed by atoms with Gasteiger partial charge in [-0.2, -0.15) is 0 Å². The lowest BCUT2D eigenvalue weighted by atomic mass is 9.94. The molecule has 5 heteroatoms. The molecule has 1 aliphatic rings. The van der Waals surface area contributed by atoms with Crippen molar-refractivity contribution in [3.05, 3.63) is 18.1 Å². The minimum absolute atomic E-state index is 0.265. The van der Waals surface area contributed by atoms with Crippen LogP contribution in [0.1, 0.15) is 26.0 Å². The average molecular weight is 265 g/mol. The molecule has 0 spiro atoms. The predicted molar refractivity (Wildman–Crippen MR) is 73.3 cm³/mol. The molecule has 1 aliphatic heterocycles. The summed E-state index contributed by atoms with van der Waals surface area (Å²) < 4.78 is 11.0. The van der Waals surface area contributed by atoms with Crippen LogP contribution in [0, 0.1) is 5.92 Å². The zero-order valence-corrected chi connectivity index (χ0v) is 11.9. The monoisotopic (exact) mass is 265 g/mol. The smallest absolute Gasteiger partial charge is 0.216 e. The lowest BCUT2D eigenvalue weighted by Gasteiger charge is -2.26. The Morgan fingerprint density at radius 1 is 1.53 bits per heavy atom. The van der Waals surface area contributed by atoms with Gasteiger partial charge in [0.2, 0.25) is 5.88 Å². The Morgan fingerprint density at radius 2 is 2.37 bits per heavy atom. The highest BCUT2D eigenvalue weighted by Gasteiger charge is 2.31. The van der Waals surface area contributed by atoms with Gasteiger partial charge in [-0.1, -0.05) is 13.8 Å². The van der Waals surface area contributed by atoms with Crippen LogP contribution >= 0.6 is 0 Å². The van der Waals surface area contributed by atoms with Gasteiger partial charge >= 0.3 is 0 Å². The summed E-state index contributed by atoms with van der Waals surface area (Å²) in [5.74, 6) is 1.20. The maximum absolute atomic E-state index is 5.87. The van der Waals surface area contributed by atoms with E-state index in [0.29, 0.717) is 17.8 Å². The van der Waals surface area contributed by atoms with Crippen molar-refractivity contribution in [1.29, 1.82) is 0 Å². The first kappa shape index (κ1) is 14.2. The van der Waals surface area contributed by atoms with Crippen molar-refractivity contribution in [1.82, 2.24) is 15.3 Å². The number of nitrogens with one attached hydrogen (secondary N) is 1. The van der Waals surface area contributed by atoms with Crippen molar-refractivity contribution in [3.63, 3.8) is 0 Å². The molecule has 0 aliphatic carbocycles. The van der Waals surface area contributed by atoms with Gasteiger partial charge in [0.1, 0.15) is 6.33 Å². The molecule has 0 saturated carbocycles. The summed E-state index contributed by atoms with van der Waals surface area (Å²) in [5.41, 5.74) is 0.987. The highest BCUT2D eigenvalue weighted by atomic mass is 16.5. The first-order valence-electron chi connectivity index (χ1n) is 6.94. The van der Waals surface area contributed by atoms with Gasteiger partial charge in [-0.05, 0) is 18.9 Å². The topological polar surface area (TPSA) is 56.3 Å². The molecule has 0 aromatic carbocycles. The van der Waals surface area contributed by atoms with E-state index in [9.17, 15) is 0 Å². The van der Waals surface area contributed by atoms with Gasteiger partial charge in [0.05, 0.1) is 13.2 Å². The zero-order chi connectivity index (χ0) is 13.7. The minimum atomic E-state index is 0.265. The summed E-state index contributed by atoms with van der Waals surface area (Å²) in [6.45, 7) is 6.16. The van der Waals surface area contributed by atoms with Crippen LogP contribution in [-0.4, -0.2) is 42.4 Å². The van der Waals surface area contributed by atoms with E-state index in [1.54, 1.807) is 13.4 Å². The normalized spacial score (nSPS) is 24.4. The van der Waals surface area contributed by atoms with E-state index in [0.717, 1.165) is 31.7 Å². The highest BCUT2D eigenvalue weighted by molar-refractivity contribution is 5.14. The molecule has 0 radical (unpaired) electrons. The van der Waals surface area contributed by atoms with Gasteiger partial charge in [-0.3, -0.25) is 0 Å². The third kappa shape index (κ3) is 3.64. The van der Waals surface area contributed by atoms with E-state index in [1.807, 2.05) is 6.07 Å². The summed E-state index contributed by atoms with van der Waals surface area (Å²) in [5, 5.41) is 3.51. The van der Waals surface area contributed by atoms with E-state index in [1.165, 1.54) is 0 Å². The van der Waals surface area contributed by atoms with Crippen LogP contribution in [0.3, 0.4) is 0 Å². The van der Waals surface area contributed by atoms with Gasteiger partial charge in [0, 0.05) is 30.8 Å². The van der Waals surface area contributed by atoms with Crippen LogP contribution in [0.25, 0.3) is 0 Å². The summed E-state index contributed by atoms with van der Waals surface area (Å²) >= 11 is 0. The van der Waals surface area contributed by atoms with Crippen LogP contribution in [0.5, 0.6) is 5.88 Å². The molecule has 1 saturated heterocycles. The largest absolute Gasteiger partial charge is 0.481 e. The van der Waals surface area contributed by atoms with Crippen LogP contribution in [-0.2, 0) is 11.2 Å². The number of likely N-dealkylation sites (N-methyl/N-ethyl adjacent to an activating group) is 1. The number of hydrogen-bond donors (Lipinski definition) is 1. The molecular weight excluding hydrogens is 242 g/mol. The van der Waals surface area contributed by atoms with Gasteiger partial charge < -0.3 is 14.8 Å². The van der Waals surface area contributed by atoms with E-state index in [-0.39, 0.29) is 6.10 Å². The molecule has 2 rings (SSSR count). The molecule has 106 valence electrons. The number of nitrogens with zero attached hydrogens (tertiary/aromatic N) is 2. The number of aromatic nitrogens is 2. The summed E-state index contributed by atoms with van der Waals surface area (Å²) in [4.78, 5) is 8.36. The quantitative estimate of drug-likeness (QED) is 0.843. The van der Waals surface area contributed by atoms with Crippen molar-refractivity contribution in [3.8, 4) is 5.88 Å². The van der Waals surface area contributed by atoms with Gasteiger partial charge in [-0.25, -0.2) is 9.97 Å². The van der Waals surface area contributed by atoms with Crippen molar-refractivity contribution in [2.75, 3.05) is 20.3 Å². The third-order valence-corrected chi connectivity index (χ3v) is 3.64. The molecule has 0 amide bonds. The Labute approximate surface area is 114 Å². The summed E-state index contributed by atoms with van der Waals surface area (Å²) in [6, 6.07) is 2.19. The number of rotatable bonds is 6. The second kappa shape index (κ2) is 6.82. The number of hydrogen-bond acceptors (Lipinski definition) is 5. The molecule has 3 atom stereocenters. The number of methoxy groups -OCH3 is 1. The zero-order valence-electron chi connectivity index (χ0n) is 11.9. The maximum Gasteiger partial charge on any atom is 0.216 e. The van der Waals surface area contributed by atoms with E-state index < -0.39 is 0 Å². The molecule has 3 unspecified atom stereocenters. The van der Waals surface area contributed by atoms with E-state index >= 15 is 0 Å². The van der Waals surface area contributed by atoms with Crippen LogP contribution in [0.15, 0.2) is 12.4 Å². The molecule has 1 aromatic heterocycles. The fraction of sp³-hybridized carbons (Fsp3) is 0.714. The van der Waals surface area contributed by atoms with Crippen molar-refractivity contribution < 1.29 is 9.47 Å². The second-order valence-electron chi connectivity index (χ2n) is 5.02. The average Bonchev–Trinajstić information content (AvgIpc) is 2.85. The van der Waals surface area contributed by atoms with Gasteiger partial charge in [0.15, 0.2) is 0 Å². The van der Waals surface area contributed by atoms with Crippen molar-refractivity contribution in [2.45, 2.75) is 38.8 Å². The molecule has 1 aromatic rings. The van der Waals surface area contributed by atoms with Crippen LogP contribution in [0.2, 0.25) is 0 Å². The van der Waals surface area contributed by atoms with Crippen LogP contribution < -0.4 is 10.1 Å².